The summed E-state index contributed by atoms with van der Waals surface area (Å²) >= 11 is 5.97. The lowest BCUT2D eigenvalue weighted by Gasteiger charge is -2.42. The van der Waals surface area contributed by atoms with Gasteiger partial charge in [-0.15, -0.1) is 0 Å². The number of hydrogen-bond donors (Lipinski definition) is 1. The van der Waals surface area contributed by atoms with Gasteiger partial charge in [0.05, 0.1) is 5.02 Å². The molecule has 1 nitrogen and oxygen atoms in total. The molecule has 0 saturated heterocycles. The Kier molecular flexibility index (Phi) is 4.40. The largest absolute Gasteiger partial charge is 0.507 e. The van der Waals surface area contributed by atoms with E-state index >= 15 is 0 Å². The number of rotatable bonds is 1. The standard InChI is InChI=1S/C28H26ClFO/c1-27(2)10-11-28(3,4)23-14-19-17(13-22(23)27)9-8-16-12-21(25(31)15-20(16)19)18-6-5-7-24(29)26(18)30/h5-9,12-15,31H,10-11H2,1-4H3. The first-order valence-corrected chi connectivity index (χ1v) is 11.2. The number of halogens is 2. The van der Waals surface area contributed by atoms with E-state index in [4.69, 9.17) is 11.6 Å². The lowest BCUT2D eigenvalue weighted by Crippen LogP contribution is -2.33. The summed E-state index contributed by atoms with van der Waals surface area (Å²) in [6.45, 7) is 9.28. The molecule has 0 radical (unpaired) electrons. The van der Waals surface area contributed by atoms with Crippen LogP contribution in [0.15, 0.2) is 54.6 Å². The average molecular weight is 433 g/mol. The molecule has 1 aliphatic carbocycles. The van der Waals surface area contributed by atoms with Gasteiger partial charge in [0.1, 0.15) is 11.6 Å². The molecule has 4 aromatic rings. The Hall–Kier alpha value is -2.58. The minimum absolute atomic E-state index is 0.0481. The molecule has 1 N–H and O–H groups in total. The van der Waals surface area contributed by atoms with Crippen LogP contribution < -0.4 is 0 Å². The molecule has 0 saturated carbocycles. The Morgan fingerprint density at radius 1 is 0.774 bits per heavy atom. The minimum atomic E-state index is -0.516. The molecule has 0 heterocycles. The third kappa shape index (κ3) is 3.11. The van der Waals surface area contributed by atoms with Gasteiger partial charge in [0.2, 0.25) is 0 Å². The Morgan fingerprint density at radius 3 is 2.03 bits per heavy atom. The van der Waals surface area contributed by atoms with Crippen LogP contribution in [0, 0.1) is 5.82 Å². The van der Waals surface area contributed by atoms with Crippen molar-refractivity contribution in [2.45, 2.75) is 51.4 Å². The molecule has 4 aromatic carbocycles. The summed E-state index contributed by atoms with van der Waals surface area (Å²) in [5.41, 5.74) is 3.80. The first-order valence-electron chi connectivity index (χ1n) is 10.8. The SMILES string of the molecule is CC1(C)CCC(C)(C)c2cc3c(ccc4cc(-c5cccc(Cl)c5F)c(O)cc43)cc21. The van der Waals surface area contributed by atoms with Crippen molar-refractivity contribution < 1.29 is 9.50 Å². The van der Waals surface area contributed by atoms with Gasteiger partial charge in [-0.05, 0) is 80.6 Å². The van der Waals surface area contributed by atoms with Gasteiger partial charge in [-0.1, -0.05) is 69.6 Å². The van der Waals surface area contributed by atoms with E-state index in [1.807, 2.05) is 6.07 Å². The van der Waals surface area contributed by atoms with Crippen LogP contribution in [0.5, 0.6) is 5.75 Å². The van der Waals surface area contributed by atoms with Gasteiger partial charge >= 0.3 is 0 Å². The van der Waals surface area contributed by atoms with Crippen molar-refractivity contribution in [1.82, 2.24) is 0 Å². The van der Waals surface area contributed by atoms with E-state index in [9.17, 15) is 9.50 Å². The third-order valence-electron chi connectivity index (χ3n) is 7.17. The molecule has 158 valence electrons. The van der Waals surface area contributed by atoms with Crippen LogP contribution in [0.4, 0.5) is 4.39 Å². The molecular formula is C28H26ClFO. The topological polar surface area (TPSA) is 20.2 Å². The van der Waals surface area contributed by atoms with E-state index in [0.717, 1.165) is 28.0 Å². The second-order valence-electron chi connectivity index (χ2n) is 10.1. The number of phenolic OH excluding ortho intramolecular Hbond substituents is 1. The van der Waals surface area contributed by atoms with Crippen molar-refractivity contribution in [2.75, 3.05) is 0 Å². The predicted octanol–water partition coefficient (Wildman–Crippen LogP) is 8.51. The highest BCUT2D eigenvalue weighted by Crippen LogP contribution is 2.48. The molecule has 0 amide bonds. The van der Waals surface area contributed by atoms with Crippen LogP contribution in [0.2, 0.25) is 5.02 Å². The summed E-state index contributed by atoms with van der Waals surface area (Å²) in [7, 11) is 0. The van der Waals surface area contributed by atoms with Crippen molar-refractivity contribution in [2.24, 2.45) is 0 Å². The van der Waals surface area contributed by atoms with Gasteiger partial charge in [0.15, 0.2) is 0 Å². The molecule has 0 bridgehead atoms. The number of fused-ring (bicyclic) bond motifs is 4. The number of hydrogen-bond acceptors (Lipinski definition) is 1. The molecule has 5 rings (SSSR count). The maximum absolute atomic E-state index is 14.6. The molecule has 0 atom stereocenters. The maximum atomic E-state index is 14.6. The molecular weight excluding hydrogens is 407 g/mol. The summed E-state index contributed by atoms with van der Waals surface area (Å²) in [6, 6.07) is 17.3. The Bertz CT molecular complexity index is 1370. The summed E-state index contributed by atoms with van der Waals surface area (Å²) in [6.07, 6.45) is 2.31. The smallest absolute Gasteiger partial charge is 0.149 e. The number of benzene rings is 4. The lowest BCUT2D eigenvalue weighted by atomic mass is 9.62. The Balaban J connectivity index is 1.80. The zero-order chi connectivity index (χ0) is 22.1. The highest BCUT2D eigenvalue weighted by atomic mass is 35.5. The second kappa shape index (κ2) is 6.71. The maximum Gasteiger partial charge on any atom is 0.149 e. The van der Waals surface area contributed by atoms with Crippen molar-refractivity contribution in [3.05, 3.63) is 76.6 Å². The molecule has 0 fully saturated rings. The molecule has 0 aliphatic heterocycles. The minimum Gasteiger partial charge on any atom is -0.507 e. The summed E-state index contributed by atoms with van der Waals surface area (Å²) in [4.78, 5) is 0. The molecule has 3 heteroatoms. The number of phenols is 1. The Labute approximate surface area is 187 Å². The first kappa shape index (κ1) is 20.3. The third-order valence-corrected chi connectivity index (χ3v) is 7.46. The fourth-order valence-electron chi connectivity index (χ4n) is 5.09. The van der Waals surface area contributed by atoms with E-state index < -0.39 is 5.82 Å². The number of aromatic hydroxyl groups is 1. The normalized spacial score (nSPS) is 17.1. The molecule has 1 aliphatic rings. The monoisotopic (exact) mass is 432 g/mol. The highest BCUT2D eigenvalue weighted by Gasteiger charge is 2.37. The zero-order valence-corrected chi connectivity index (χ0v) is 19.1. The van der Waals surface area contributed by atoms with Crippen LogP contribution >= 0.6 is 11.6 Å². The first-order chi connectivity index (χ1) is 14.6. The Morgan fingerprint density at radius 2 is 1.35 bits per heavy atom. The van der Waals surface area contributed by atoms with E-state index in [1.54, 1.807) is 18.2 Å². The van der Waals surface area contributed by atoms with E-state index in [1.165, 1.54) is 23.6 Å². The van der Waals surface area contributed by atoms with E-state index in [2.05, 4.69) is 52.0 Å². The second-order valence-corrected chi connectivity index (χ2v) is 10.6. The van der Waals surface area contributed by atoms with Crippen molar-refractivity contribution >= 4 is 33.1 Å². The van der Waals surface area contributed by atoms with Crippen molar-refractivity contribution in [3.8, 4) is 16.9 Å². The van der Waals surface area contributed by atoms with Gasteiger partial charge in [0, 0.05) is 11.1 Å². The van der Waals surface area contributed by atoms with E-state index in [-0.39, 0.29) is 21.6 Å². The van der Waals surface area contributed by atoms with Gasteiger partial charge in [0.25, 0.3) is 0 Å². The predicted molar refractivity (Wildman–Crippen MR) is 129 cm³/mol. The summed E-state index contributed by atoms with van der Waals surface area (Å²) in [5.74, 6) is -0.462. The fourth-order valence-corrected chi connectivity index (χ4v) is 5.26. The van der Waals surface area contributed by atoms with Crippen LogP contribution in [0.1, 0.15) is 51.7 Å². The summed E-state index contributed by atoms with van der Waals surface area (Å²) in [5, 5.41) is 15.1. The van der Waals surface area contributed by atoms with Crippen LogP contribution in [0.25, 0.3) is 32.7 Å². The molecule has 0 aromatic heterocycles. The highest BCUT2D eigenvalue weighted by molar-refractivity contribution is 6.31. The van der Waals surface area contributed by atoms with Gasteiger partial charge in [-0.3, -0.25) is 0 Å². The molecule has 0 unspecified atom stereocenters. The van der Waals surface area contributed by atoms with Gasteiger partial charge in [-0.2, -0.15) is 0 Å². The lowest BCUT2D eigenvalue weighted by molar-refractivity contribution is 0.332. The van der Waals surface area contributed by atoms with Crippen LogP contribution in [0.3, 0.4) is 0 Å². The zero-order valence-electron chi connectivity index (χ0n) is 18.3. The van der Waals surface area contributed by atoms with Gasteiger partial charge < -0.3 is 5.11 Å². The van der Waals surface area contributed by atoms with Crippen LogP contribution in [-0.2, 0) is 10.8 Å². The summed E-state index contributed by atoms with van der Waals surface area (Å²) < 4.78 is 14.6. The van der Waals surface area contributed by atoms with E-state index in [0.29, 0.717) is 11.1 Å². The molecule has 31 heavy (non-hydrogen) atoms. The molecule has 0 spiro atoms. The van der Waals surface area contributed by atoms with Crippen molar-refractivity contribution in [3.63, 3.8) is 0 Å². The quantitative estimate of drug-likeness (QED) is 0.299. The van der Waals surface area contributed by atoms with Crippen LogP contribution in [-0.4, -0.2) is 5.11 Å². The fraction of sp³-hybridized carbons (Fsp3) is 0.286. The van der Waals surface area contributed by atoms with Crippen molar-refractivity contribution in [1.29, 1.82) is 0 Å². The average Bonchev–Trinajstić information content (AvgIpc) is 2.72. The van der Waals surface area contributed by atoms with Gasteiger partial charge in [-0.25, -0.2) is 4.39 Å².